The molecule has 1 saturated carbocycles. The van der Waals surface area contributed by atoms with Crippen LogP contribution in [0.15, 0.2) is 24.3 Å². The van der Waals surface area contributed by atoms with Gasteiger partial charge in [0.15, 0.2) is 0 Å². The molecule has 0 aliphatic heterocycles. The van der Waals surface area contributed by atoms with Crippen molar-refractivity contribution in [2.45, 2.75) is 50.9 Å². The Morgan fingerprint density at radius 1 is 1.44 bits per heavy atom. The van der Waals surface area contributed by atoms with Gasteiger partial charge < -0.3 is 14.6 Å². The number of hydrogen-bond acceptors (Lipinski definition) is 3. The van der Waals surface area contributed by atoms with E-state index < -0.39 is 11.7 Å². The minimum Gasteiger partial charge on any atom is -0.490 e. The second-order valence-electron chi connectivity index (χ2n) is 5.16. The molecular weight excluding hydrogens is 228 g/mol. The molecule has 3 nitrogen and oxygen atoms in total. The van der Waals surface area contributed by atoms with Crippen LogP contribution in [0.5, 0.6) is 5.75 Å². The van der Waals surface area contributed by atoms with Crippen LogP contribution in [0.25, 0.3) is 0 Å². The molecule has 0 saturated heterocycles. The predicted molar refractivity (Wildman–Crippen MR) is 70.8 cm³/mol. The van der Waals surface area contributed by atoms with Crippen molar-refractivity contribution in [3.8, 4) is 5.75 Å². The lowest BCUT2D eigenvalue weighted by Gasteiger charge is -2.32. The molecule has 18 heavy (non-hydrogen) atoms. The number of ether oxygens (including phenoxy) is 2. The molecule has 2 unspecified atom stereocenters. The van der Waals surface area contributed by atoms with E-state index in [4.69, 9.17) is 9.47 Å². The maximum Gasteiger partial charge on any atom is 0.120 e. The molecule has 100 valence electrons. The van der Waals surface area contributed by atoms with Crippen LogP contribution in [-0.4, -0.2) is 23.9 Å². The first kappa shape index (κ1) is 13.4. The predicted octanol–water partition coefficient (Wildman–Crippen LogP) is 3.08. The lowest BCUT2D eigenvalue weighted by atomic mass is 9.90. The molecule has 1 aromatic carbocycles. The lowest BCUT2D eigenvalue weighted by molar-refractivity contribution is -0.0944. The molecule has 0 bridgehead atoms. The van der Waals surface area contributed by atoms with E-state index in [2.05, 4.69) is 0 Å². The molecule has 0 spiro atoms. The van der Waals surface area contributed by atoms with Crippen LogP contribution >= 0.6 is 0 Å². The highest BCUT2D eigenvalue weighted by Gasteiger charge is 2.32. The van der Waals surface area contributed by atoms with Gasteiger partial charge in [-0.25, -0.2) is 0 Å². The van der Waals surface area contributed by atoms with E-state index in [-0.39, 0.29) is 0 Å². The molecule has 2 rings (SSSR count). The largest absolute Gasteiger partial charge is 0.490 e. The van der Waals surface area contributed by atoms with Gasteiger partial charge in [-0.05, 0) is 43.9 Å². The zero-order chi connectivity index (χ0) is 13.2. The van der Waals surface area contributed by atoms with Crippen molar-refractivity contribution >= 4 is 0 Å². The molecule has 1 fully saturated rings. The zero-order valence-electron chi connectivity index (χ0n) is 11.3. The van der Waals surface area contributed by atoms with Gasteiger partial charge in [0.2, 0.25) is 0 Å². The zero-order valence-corrected chi connectivity index (χ0v) is 11.3. The molecular formula is C15H22O3. The first-order valence-corrected chi connectivity index (χ1v) is 6.59. The van der Waals surface area contributed by atoms with Gasteiger partial charge in [-0.3, -0.25) is 0 Å². The summed E-state index contributed by atoms with van der Waals surface area (Å²) in [7, 11) is 1.64. The first-order chi connectivity index (χ1) is 8.59. The molecule has 0 heterocycles. The summed E-state index contributed by atoms with van der Waals surface area (Å²) in [5, 5.41) is 10.4. The van der Waals surface area contributed by atoms with Gasteiger partial charge in [-0.1, -0.05) is 19.1 Å². The van der Waals surface area contributed by atoms with Crippen molar-refractivity contribution in [1.29, 1.82) is 0 Å². The first-order valence-electron chi connectivity index (χ1n) is 6.59. The third-order valence-corrected chi connectivity index (χ3v) is 3.75. The maximum absolute atomic E-state index is 10.4. The average molecular weight is 250 g/mol. The Hall–Kier alpha value is -1.06. The molecule has 2 atom stereocenters. The van der Waals surface area contributed by atoms with E-state index in [0.29, 0.717) is 6.10 Å². The molecule has 3 heteroatoms. The average Bonchev–Trinajstić information content (AvgIpc) is 3.21. The van der Waals surface area contributed by atoms with Gasteiger partial charge in [0.05, 0.1) is 11.7 Å². The highest BCUT2D eigenvalue weighted by atomic mass is 16.5. The van der Waals surface area contributed by atoms with Crippen molar-refractivity contribution in [2.24, 2.45) is 0 Å². The van der Waals surface area contributed by atoms with Crippen LogP contribution in [0.3, 0.4) is 0 Å². The monoisotopic (exact) mass is 250 g/mol. The molecule has 1 aliphatic carbocycles. The second kappa shape index (κ2) is 5.29. The summed E-state index contributed by atoms with van der Waals surface area (Å²) in [5.41, 5.74) is 0.289. The van der Waals surface area contributed by atoms with Gasteiger partial charge in [-0.2, -0.15) is 0 Å². The van der Waals surface area contributed by atoms with Crippen LogP contribution < -0.4 is 4.74 Å². The highest BCUT2D eigenvalue weighted by Crippen LogP contribution is 2.34. The number of benzene rings is 1. The van der Waals surface area contributed by atoms with Crippen molar-refractivity contribution in [2.75, 3.05) is 7.11 Å². The van der Waals surface area contributed by atoms with Gasteiger partial charge in [0, 0.05) is 7.11 Å². The molecule has 1 aromatic rings. The topological polar surface area (TPSA) is 38.7 Å². The molecule has 1 N–H and O–H groups in total. The van der Waals surface area contributed by atoms with Gasteiger partial charge in [-0.15, -0.1) is 0 Å². The Kier molecular flexibility index (Phi) is 3.93. The van der Waals surface area contributed by atoms with Crippen molar-refractivity contribution in [3.05, 3.63) is 29.8 Å². The maximum atomic E-state index is 10.4. The summed E-state index contributed by atoms with van der Waals surface area (Å²) >= 11 is 0. The Morgan fingerprint density at radius 2 is 2.17 bits per heavy atom. The van der Waals surface area contributed by atoms with Crippen molar-refractivity contribution in [1.82, 2.24) is 0 Å². The summed E-state index contributed by atoms with van der Waals surface area (Å²) < 4.78 is 11.2. The van der Waals surface area contributed by atoms with Crippen molar-refractivity contribution in [3.63, 3.8) is 0 Å². The van der Waals surface area contributed by atoms with Gasteiger partial charge in [0.25, 0.3) is 0 Å². The third kappa shape index (κ3) is 2.85. The molecule has 0 aromatic heterocycles. The van der Waals surface area contributed by atoms with E-state index in [0.717, 1.165) is 30.6 Å². The standard InChI is InChI=1S/C15H22O3/c1-4-15(2,17-3)14(16)11-6-5-7-13(10-11)18-12-8-9-12/h5-7,10,12,14,16H,4,8-9H2,1-3H3. The van der Waals surface area contributed by atoms with Crippen LogP contribution in [0.4, 0.5) is 0 Å². The number of aliphatic hydroxyl groups excluding tert-OH is 1. The normalized spacial score (nSPS) is 20.2. The van der Waals surface area contributed by atoms with E-state index >= 15 is 0 Å². The minimum absolute atomic E-state index is 0.373. The van der Waals surface area contributed by atoms with E-state index in [9.17, 15) is 5.11 Å². The van der Waals surface area contributed by atoms with Crippen molar-refractivity contribution < 1.29 is 14.6 Å². The molecule has 1 aliphatic rings. The fraction of sp³-hybridized carbons (Fsp3) is 0.600. The highest BCUT2D eigenvalue weighted by molar-refractivity contribution is 5.31. The summed E-state index contributed by atoms with van der Waals surface area (Å²) in [4.78, 5) is 0. The van der Waals surface area contributed by atoms with Crippen LogP contribution in [0.2, 0.25) is 0 Å². The summed E-state index contributed by atoms with van der Waals surface area (Å²) in [6.45, 7) is 3.93. The Labute approximate surface area is 109 Å². The quantitative estimate of drug-likeness (QED) is 0.843. The Morgan fingerprint density at radius 3 is 2.72 bits per heavy atom. The van der Waals surface area contributed by atoms with E-state index in [1.54, 1.807) is 7.11 Å². The fourth-order valence-electron chi connectivity index (χ4n) is 1.94. The Balaban J connectivity index is 2.15. The number of rotatable bonds is 6. The molecule has 0 amide bonds. The van der Waals surface area contributed by atoms with Crippen LogP contribution in [0.1, 0.15) is 44.8 Å². The SMILES string of the molecule is CCC(C)(OC)C(O)c1cccc(OC2CC2)c1. The van der Waals surface area contributed by atoms with Crippen LogP contribution in [-0.2, 0) is 4.74 Å². The fourth-order valence-corrected chi connectivity index (χ4v) is 1.94. The minimum atomic E-state index is -0.643. The van der Waals surface area contributed by atoms with E-state index in [1.165, 1.54) is 0 Å². The summed E-state index contributed by atoms with van der Waals surface area (Å²) in [6, 6.07) is 7.68. The smallest absolute Gasteiger partial charge is 0.120 e. The van der Waals surface area contributed by atoms with Gasteiger partial charge >= 0.3 is 0 Å². The second-order valence-corrected chi connectivity index (χ2v) is 5.16. The Bertz CT molecular complexity index is 394. The number of aliphatic hydroxyl groups is 1. The summed E-state index contributed by atoms with van der Waals surface area (Å²) in [6.07, 6.45) is 2.75. The van der Waals surface area contributed by atoms with E-state index in [1.807, 2.05) is 38.1 Å². The molecule has 0 radical (unpaired) electrons. The summed E-state index contributed by atoms with van der Waals surface area (Å²) in [5.74, 6) is 0.837. The third-order valence-electron chi connectivity index (χ3n) is 3.75. The van der Waals surface area contributed by atoms with Crippen LogP contribution in [0, 0.1) is 0 Å². The lowest BCUT2D eigenvalue weighted by Crippen LogP contribution is -2.34. The van der Waals surface area contributed by atoms with Gasteiger partial charge in [0.1, 0.15) is 11.9 Å². The number of hydrogen-bond donors (Lipinski definition) is 1. The number of methoxy groups -OCH3 is 1.